The molecule has 1 saturated heterocycles. The Bertz CT molecular complexity index is 467. The molecule has 0 aliphatic carbocycles. The molecule has 2 rings (SSSR count). The van der Waals surface area contributed by atoms with Gasteiger partial charge in [-0.25, -0.2) is 0 Å². The fraction of sp³-hybridized carbons (Fsp3) is 0.765. The van der Waals surface area contributed by atoms with Crippen LogP contribution in [-0.2, 0) is 13.6 Å². The van der Waals surface area contributed by atoms with E-state index in [-0.39, 0.29) is 24.0 Å². The molecule has 1 aliphatic rings. The van der Waals surface area contributed by atoms with Gasteiger partial charge in [0.1, 0.15) is 0 Å². The van der Waals surface area contributed by atoms with Crippen LogP contribution in [0.2, 0.25) is 0 Å². The molecule has 0 unspecified atom stereocenters. The van der Waals surface area contributed by atoms with Crippen molar-refractivity contribution in [2.45, 2.75) is 45.1 Å². The molecule has 2 heterocycles. The van der Waals surface area contributed by atoms with Crippen LogP contribution in [0.4, 0.5) is 0 Å². The molecule has 0 aromatic carbocycles. The average molecular weight is 448 g/mol. The van der Waals surface area contributed by atoms with Crippen molar-refractivity contribution in [3.05, 3.63) is 18.0 Å². The lowest BCUT2D eigenvalue weighted by Crippen LogP contribution is -2.37. The molecule has 0 radical (unpaired) electrons. The van der Waals surface area contributed by atoms with Crippen LogP contribution in [0.25, 0.3) is 0 Å². The Morgan fingerprint density at radius 3 is 2.62 bits per heavy atom. The molecular formula is C17H33IN6. The van der Waals surface area contributed by atoms with Crippen LogP contribution in [0.5, 0.6) is 0 Å². The summed E-state index contributed by atoms with van der Waals surface area (Å²) in [6.45, 7) is 5.61. The second-order valence-corrected chi connectivity index (χ2v) is 6.26. The summed E-state index contributed by atoms with van der Waals surface area (Å²) in [6.07, 6.45) is 9.80. The van der Waals surface area contributed by atoms with E-state index in [1.54, 1.807) is 0 Å². The lowest BCUT2D eigenvalue weighted by Gasteiger charge is -2.26. The zero-order valence-corrected chi connectivity index (χ0v) is 17.5. The normalized spacial score (nSPS) is 15.8. The first kappa shape index (κ1) is 21.2. The zero-order chi connectivity index (χ0) is 16.3. The molecule has 138 valence electrons. The Hall–Kier alpha value is -0.830. The number of aliphatic imine (C=N–C) groups is 1. The Morgan fingerprint density at radius 1 is 1.17 bits per heavy atom. The highest BCUT2D eigenvalue weighted by Gasteiger charge is 2.08. The van der Waals surface area contributed by atoms with Crippen LogP contribution in [0.1, 0.15) is 44.2 Å². The van der Waals surface area contributed by atoms with Crippen LogP contribution in [0.15, 0.2) is 17.3 Å². The number of rotatable bonds is 8. The topological polar surface area (TPSA) is 57.5 Å². The second-order valence-electron chi connectivity index (χ2n) is 6.26. The number of likely N-dealkylation sites (tertiary alicyclic amines) is 1. The van der Waals surface area contributed by atoms with Gasteiger partial charge in [-0.2, -0.15) is 5.10 Å². The SMILES string of the molecule is CN=C(NCCCCCN1CCCCC1)NCc1ccnn1C.I. The summed E-state index contributed by atoms with van der Waals surface area (Å²) in [5.74, 6) is 0.863. The van der Waals surface area contributed by atoms with Gasteiger partial charge in [0.05, 0.1) is 12.2 Å². The third-order valence-corrected chi connectivity index (χ3v) is 4.48. The van der Waals surface area contributed by atoms with E-state index in [4.69, 9.17) is 0 Å². The molecule has 0 atom stereocenters. The third-order valence-electron chi connectivity index (χ3n) is 4.48. The van der Waals surface area contributed by atoms with Gasteiger partial charge >= 0.3 is 0 Å². The minimum atomic E-state index is 0. The van der Waals surface area contributed by atoms with Crippen LogP contribution >= 0.6 is 24.0 Å². The van der Waals surface area contributed by atoms with E-state index in [2.05, 4.69) is 25.6 Å². The molecule has 0 bridgehead atoms. The summed E-state index contributed by atoms with van der Waals surface area (Å²) in [7, 11) is 3.77. The first-order valence-electron chi connectivity index (χ1n) is 8.93. The van der Waals surface area contributed by atoms with E-state index >= 15 is 0 Å². The average Bonchev–Trinajstić information content (AvgIpc) is 2.99. The van der Waals surface area contributed by atoms with Crippen LogP contribution in [0, 0.1) is 0 Å². The summed E-state index contributed by atoms with van der Waals surface area (Å²) >= 11 is 0. The molecule has 0 amide bonds. The standard InChI is InChI=1S/C17H32N6.HI/c1-18-17(20-15-16-9-11-21-22(16)2)19-10-5-3-6-12-23-13-7-4-8-14-23;/h9,11H,3-8,10,12-15H2,1-2H3,(H2,18,19,20);1H. The van der Waals surface area contributed by atoms with E-state index in [0.717, 1.165) is 24.7 Å². The number of aryl methyl sites for hydroxylation is 1. The number of nitrogens with zero attached hydrogens (tertiary/aromatic N) is 4. The van der Waals surface area contributed by atoms with Gasteiger partial charge in [-0.3, -0.25) is 9.67 Å². The highest BCUT2D eigenvalue weighted by molar-refractivity contribution is 14.0. The predicted molar refractivity (Wildman–Crippen MR) is 111 cm³/mol. The molecule has 2 N–H and O–H groups in total. The van der Waals surface area contributed by atoms with E-state index in [1.807, 2.05) is 31.0 Å². The number of hydrogen-bond donors (Lipinski definition) is 2. The molecule has 0 spiro atoms. The highest BCUT2D eigenvalue weighted by atomic mass is 127. The lowest BCUT2D eigenvalue weighted by molar-refractivity contribution is 0.224. The predicted octanol–water partition coefficient (Wildman–Crippen LogP) is 2.36. The maximum atomic E-state index is 4.26. The van der Waals surface area contributed by atoms with Crippen LogP contribution in [0.3, 0.4) is 0 Å². The largest absolute Gasteiger partial charge is 0.356 e. The number of hydrogen-bond acceptors (Lipinski definition) is 3. The number of nitrogens with one attached hydrogen (secondary N) is 2. The number of unbranched alkanes of at least 4 members (excludes halogenated alkanes) is 2. The smallest absolute Gasteiger partial charge is 0.191 e. The zero-order valence-electron chi connectivity index (χ0n) is 15.1. The van der Waals surface area contributed by atoms with Crippen molar-refractivity contribution >= 4 is 29.9 Å². The van der Waals surface area contributed by atoms with E-state index in [9.17, 15) is 0 Å². The molecule has 1 aliphatic heterocycles. The summed E-state index contributed by atoms with van der Waals surface area (Å²) in [5.41, 5.74) is 1.15. The van der Waals surface area contributed by atoms with Gasteiger partial charge in [-0.15, -0.1) is 24.0 Å². The van der Waals surface area contributed by atoms with Gasteiger partial charge in [-0.05, 0) is 51.4 Å². The molecule has 1 fully saturated rings. The maximum absolute atomic E-state index is 4.26. The number of guanidine groups is 1. The van der Waals surface area contributed by atoms with Crippen molar-refractivity contribution in [2.75, 3.05) is 33.2 Å². The van der Waals surface area contributed by atoms with Crippen LogP contribution < -0.4 is 10.6 Å². The van der Waals surface area contributed by atoms with Crippen molar-refractivity contribution in [1.29, 1.82) is 0 Å². The summed E-state index contributed by atoms with van der Waals surface area (Å²) in [6, 6.07) is 2.01. The second kappa shape index (κ2) is 12.5. The maximum Gasteiger partial charge on any atom is 0.191 e. The van der Waals surface area contributed by atoms with Crippen LogP contribution in [-0.4, -0.2) is 53.9 Å². The lowest BCUT2D eigenvalue weighted by atomic mass is 10.1. The Labute approximate surface area is 163 Å². The van der Waals surface area contributed by atoms with Gasteiger partial charge in [-0.1, -0.05) is 12.8 Å². The molecular weight excluding hydrogens is 415 g/mol. The molecule has 6 nitrogen and oxygen atoms in total. The van der Waals surface area contributed by atoms with E-state index in [1.165, 1.54) is 58.2 Å². The fourth-order valence-electron chi connectivity index (χ4n) is 3.00. The molecule has 0 saturated carbocycles. The Morgan fingerprint density at radius 2 is 1.96 bits per heavy atom. The summed E-state index contributed by atoms with van der Waals surface area (Å²) in [5, 5.41) is 10.9. The van der Waals surface area contributed by atoms with E-state index in [0.29, 0.717) is 0 Å². The van der Waals surface area contributed by atoms with Crippen molar-refractivity contribution in [2.24, 2.45) is 12.0 Å². The molecule has 7 heteroatoms. The van der Waals surface area contributed by atoms with Gasteiger partial charge in [0, 0.05) is 26.8 Å². The van der Waals surface area contributed by atoms with Gasteiger partial charge in [0.2, 0.25) is 0 Å². The van der Waals surface area contributed by atoms with E-state index < -0.39 is 0 Å². The first-order valence-corrected chi connectivity index (χ1v) is 8.93. The number of piperidine rings is 1. The fourth-order valence-corrected chi connectivity index (χ4v) is 3.00. The Balaban J connectivity index is 0.00000288. The van der Waals surface area contributed by atoms with Crippen molar-refractivity contribution < 1.29 is 0 Å². The number of halogens is 1. The first-order chi connectivity index (χ1) is 11.3. The highest BCUT2D eigenvalue weighted by Crippen LogP contribution is 2.09. The molecule has 1 aromatic rings. The minimum Gasteiger partial charge on any atom is -0.356 e. The van der Waals surface area contributed by atoms with Gasteiger partial charge < -0.3 is 15.5 Å². The van der Waals surface area contributed by atoms with Gasteiger partial charge in [0.25, 0.3) is 0 Å². The third kappa shape index (κ3) is 7.83. The summed E-state index contributed by atoms with van der Waals surface area (Å²) in [4.78, 5) is 6.88. The minimum absolute atomic E-state index is 0. The summed E-state index contributed by atoms with van der Waals surface area (Å²) < 4.78 is 1.88. The molecule has 24 heavy (non-hydrogen) atoms. The van der Waals surface area contributed by atoms with Crippen molar-refractivity contribution in [1.82, 2.24) is 25.3 Å². The number of aromatic nitrogens is 2. The quantitative estimate of drug-likeness (QED) is 0.278. The van der Waals surface area contributed by atoms with Gasteiger partial charge in [0.15, 0.2) is 5.96 Å². The Kier molecular flexibility index (Phi) is 11.1. The molecule has 1 aromatic heterocycles. The monoisotopic (exact) mass is 448 g/mol. The van der Waals surface area contributed by atoms with Crippen molar-refractivity contribution in [3.63, 3.8) is 0 Å². The van der Waals surface area contributed by atoms with Crippen molar-refractivity contribution in [3.8, 4) is 0 Å².